The van der Waals surface area contributed by atoms with Gasteiger partial charge in [0.25, 0.3) is 5.91 Å². The van der Waals surface area contributed by atoms with E-state index in [0.717, 1.165) is 10.0 Å². The zero-order valence-corrected chi connectivity index (χ0v) is 11.6. The van der Waals surface area contributed by atoms with E-state index >= 15 is 0 Å². The summed E-state index contributed by atoms with van der Waals surface area (Å²) in [5.74, 6) is -0.108. The Labute approximate surface area is 114 Å². The first-order valence-corrected chi connectivity index (χ1v) is 6.47. The van der Waals surface area contributed by atoms with Crippen molar-refractivity contribution in [2.75, 3.05) is 19.8 Å². The van der Waals surface area contributed by atoms with Crippen molar-refractivity contribution in [1.82, 2.24) is 4.90 Å². The summed E-state index contributed by atoms with van der Waals surface area (Å²) in [4.78, 5) is 14.0. The highest BCUT2D eigenvalue weighted by Gasteiger charge is 2.28. The molecule has 0 N–H and O–H groups in total. The number of rotatable bonds is 1. The Morgan fingerprint density at radius 1 is 1.61 bits per heavy atom. The average Bonchev–Trinajstić information content (AvgIpc) is 2.40. The summed E-state index contributed by atoms with van der Waals surface area (Å²) in [5.41, 5.74) is 1.54. The first-order valence-electron chi connectivity index (χ1n) is 5.68. The van der Waals surface area contributed by atoms with Gasteiger partial charge in [0, 0.05) is 16.6 Å². The van der Waals surface area contributed by atoms with Gasteiger partial charge in [-0.3, -0.25) is 4.79 Å². The van der Waals surface area contributed by atoms with Crippen LogP contribution in [0.25, 0.3) is 0 Å². The van der Waals surface area contributed by atoms with Crippen molar-refractivity contribution in [1.29, 1.82) is 5.26 Å². The molecule has 1 amide bonds. The van der Waals surface area contributed by atoms with Gasteiger partial charge in [-0.25, -0.2) is 0 Å². The van der Waals surface area contributed by atoms with Gasteiger partial charge in [0.05, 0.1) is 19.3 Å². The van der Waals surface area contributed by atoms with Crippen LogP contribution in [0, 0.1) is 18.3 Å². The number of carbonyl (C=O) groups excluding carboxylic acids is 1. The molecular weight excluding hydrogens is 296 g/mol. The molecule has 0 unspecified atom stereocenters. The van der Waals surface area contributed by atoms with E-state index < -0.39 is 6.04 Å². The molecule has 0 aromatic heterocycles. The quantitative estimate of drug-likeness (QED) is 0.798. The summed E-state index contributed by atoms with van der Waals surface area (Å²) in [7, 11) is 0. The van der Waals surface area contributed by atoms with Crippen LogP contribution in [0.15, 0.2) is 22.7 Å². The number of ether oxygens (including phenoxy) is 1. The van der Waals surface area contributed by atoms with Crippen LogP contribution >= 0.6 is 15.9 Å². The van der Waals surface area contributed by atoms with E-state index in [1.54, 1.807) is 11.0 Å². The molecule has 0 spiro atoms. The molecule has 0 bridgehead atoms. The van der Waals surface area contributed by atoms with Gasteiger partial charge in [0.2, 0.25) is 0 Å². The molecule has 1 saturated heterocycles. The zero-order chi connectivity index (χ0) is 13.1. The third-order valence-corrected chi connectivity index (χ3v) is 3.46. The van der Waals surface area contributed by atoms with E-state index in [0.29, 0.717) is 18.7 Å². The number of nitriles is 1. The molecule has 18 heavy (non-hydrogen) atoms. The molecular formula is C13H13BrN2O2. The van der Waals surface area contributed by atoms with Crippen LogP contribution in [0.1, 0.15) is 15.9 Å². The molecule has 0 radical (unpaired) electrons. The van der Waals surface area contributed by atoms with Crippen molar-refractivity contribution in [3.05, 3.63) is 33.8 Å². The third kappa shape index (κ3) is 2.55. The highest BCUT2D eigenvalue weighted by Crippen LogP contribution is 2.19. The first kappa shape index (κ1) is 13.1. The Hall–Kier alpha value is -1.38. The highest BCUT2D eigenvalue weighted by atomic mass is 79.9. The van der Waals surface area contributed by atoms with Crippen LogP contribution in [0.3, 0.4) is 0 Å². The lowest BCUT2D eigenvalue weighted by Crippen LogP contribution is -2.48. The van der Waals surface area contributed by atoms with Gasteiger partial charge in [-0.15, -0.1) is 0 Å². The fraction of sp³-hybridized carbons (Fsp3) is 0.385. The lowest BCUT2D eigenvalue weighted by Gasteiger charge is -2.31. The van der Waals surface area contributed by atoms with Gasteiger partial charge in [-0.1, -0.05) is 22.0 Å². The number of aryl methyl sites for hydroxylation is 1. The number of hydrogen-bond donors (Lipinski definition) is 0. The number of halogens is 1. The summed E-state index contributed by atoms with van der Waals surface area (Å²) in [6.45, 7) is 3.12. The smallest absolute Gasteiger partial charge is 0.255 e. The van der Waals surface area contributed by atoms with Crippen LogP contribution in [0.5, 0.6) is 0 Å². The summed E-state index contributed by atoms with van der Waals surface area (Å²) in [6, 6.07) is 7.19. The Morgan fingerprint density at radius 3 is 3.11 bits per heavy atom. The Kier molecular flexibility index (Phi) is 4.00. The van der Waals surface area contributed by atoms with E-state index in [2.05, 4.69) is 22.0 Å². The predicted octanol–water partition coefficient (Wildman–Crippen LogP) is 2.12. The topological polar surface area (TPSA) is 53.3 Å². The van der Waals surface area contributed by atoms with E-state index in [-0.39, 0.29) is 12.5 Å². The largest absolute Gasteiger partial charge is 0.376 e. The van der Waals surface area contributed by atoms with Gasteiger partial charge in [0.15, 0.2) is 0 Å². The molecule has 1 aliphatic rings. The summed E-state index contributed by atoms with van der Waals surface area (Å²) < 4.78 is 6.08. The monoisotopic (exact) mass is 308 g/mol. The molecule has 1 aromatic carbocycles. The molecule has 5 heteroatoms. The second-order valence-corrected chi connectivity index (χ2v) is 5.09. The Balaban J connectivity index is 2.30. The van der Waals surface area contributed by atoms with Crippen molar-refractivity contribution in [2.24, 2.45) is 0 Å². The maximum absolute atomic E-state index is 12.4. The summed E-state index contributed by atoms with van der Waals surface area (Å²) >= 11 is 3.36. The Morgan fingerprint density at radius 2 is 2.39 bits per heavy atom. The SMILES string of the molecule is Cc1ccc(Br)cc1C(=O)N1CCOC[C@H]1C#N. The minimum atomic E-state index is -0.496. The number of hydrogen-bond acceptors (Lipinski definition) is 3. The van der Waals surface area contributed by atoms with Crippen molar-refractivity contribution in [3.63, 3.8) is 0 Å². The highest BCUT2D eigenvalue weighted by molar-refractivity contribution is 9.10. The van der Waals surface area contributed by atoms with Gasteiger partial charge in [-0.05, 0) is 24.6 Å². The van der Waals surface area contributed by atoms with E-state index in [4.69, 9.17) is 10.00 Å². The lowest BCUT2D eigenvalue weighted by molar-refractivity contribution is 0.0132. The summed E-state index contributed by atoms with van der Waals surface area (Å²) in [6.07, 6.45) is 0. The van der Waals surface area contributed by atoms with Gasteiger partial charge in [-0.2, -0.15) is 5.26 Å². The molecule has 1 aliphatic heterocycles. The van der Waals surface area contributed by atoms with Crippen LogP contribution in [0.4, 0.5) is 0 Å². The molecule has 0 saturated carbocycles. The molecule has 0 aliphatic carbocycles. The van der Waals surface area contributed by atoms with Crippen LogP contribution in [0.2, 0.25) is 0 Å². The number of amides is 1. The number of carbonyl (C=O) groups is 1. The molecule has 1 aromatic rings. The lowest BCUT2D eigenvalue weighted by atomic mass is 10.1. The standard InChI is InChI=1S/C13H13BrN2O2/c1-9-2-3-10(14)6-12(9)13(17)16-4-5-18-8-11(16)7-15/h2-3,6,11H,4-5,8H2,1H3/t11-/m1/s1. The van der Waals surface area contributed by atoms with Crippen molar-refractivity contribution >= 4 is 21.8 Å². The van der Waals surface area contributed by atoms with E-state index in [9.17, 15) is 4.79 Å². The second kappa shape index (κ2) is 5.51. The molecule has 2 rings (SSSR count). The summed E-state index contributed by atoms with van der Waals surface area (Å²) in [5, 5.41) is 9.05. The minimum absolute atomic E-state index is 0.108. The molecule has 4 nitrogen and oxygen atoms in total. The van der Waals surface area contributed by atoms with Crippen LogP contribution < -0.4 is 0 Å². The molecule has 1 atom stereocenters. The number of morpholine rings is 1. The minimum Gasteiger partial charge on any atom is -0.376 e. The second-order valence-electron chi connectivity index (χ2n) is 4.18. The van der Waals surface area contributed by atoms with Crippen LogP contribution in [-0.4, -0.2) is 36.6 Å². The Bertz CT molecular complexity index is 510. The fourth-order valence-corrected chi connectivity index (χ4v) is 2.29. The normalized spacial score (nSPS) is 19.4. The fourth-order valence-electron chi connectivity index (χ4n) is 1.93. The maximum Gasteiger partial charge on any atom is 0.255 e. The predicted molar refractivity (Wildman–Crippen MR) is 70.1 cm³/mol. The maximum atomic E-state index is 12.4. The molecule has 1 fully saturated rings. The molecule has 1 heterocycles. The zero-order valence-electron chi connectivity index (χ0n) is 10.0. The average molecular weight is 309 g/mol. The van der Waals surface area contributed by atoms with Gasteiger partial charge < -0.3 is 9.64 Å². The number of nitrogens with zero attached hydrogens (tertiary/aromatic N) is 2. The van der Waals surface area contributed by atoms with Crippen LogP contribution in [-0.2, 0) is 4.74 Å². The first-order chi connectivity index (χ1) is 8.63. The van der Waals surface area contributed by atoms with Gasteiger partial charge in [0.1, 0.15) is 6.04 Å². The van der Waals surface area contributed by atoms with Crippen molar-refractivity contribution < 1.29 is 9.53 Å². The van der Waals surface area contributed by atoms with Gasteiger partial charge >= 0.3 is 0 Å². The third-order valence-electron chi connectivity index (χ3n) is 2.97. The van der Waals surface area contributed by atoms with E-state index in [1.165, 1.54) is 0 Å². The van der Waals surface area contributed by atoms with Crippen molar-refractivity contribution in [3.8, 4) is 6.07 Å². The van der Waals surface area contributed by atoms with E-state index in [1.807, 2.05) is 19.1 Å². The number of benzene rings is 1. The van der Waals surface area contributed by atoms with Crippen molar-refractivity contribution in [2.45, 2.75) is 13.0 Å². The molecule has 94 valence electrons.